The number of imidazole rings is 1. The first-order chi connectivity index (χ1) is 7.85. The lowest BCUT2D eigenvalue weighted by Crippen LogP contribution is -1.98. The number of hydrogen-bond acceptors (Lipinski definition) is 2. The molecule has 1 aromatic carbocycles. The standard InChI is InChI=1S/C13H16N2O/c1-3-9-15-10-8-14-13(15)11-4-6-12(16-2)7-5-11/h4-8,10H,3,9H2,1-2H3. The molecule has 0 fully saturated rings. The third kappa shape index (κ3) is 2.08. The molecule has 0 aliphatic heterocycles. The maximum absolute atomic E-state index is 5.14. The molecule has 0 amide bonds. The minimum Gasteiger partial charge on any atom is -0.497 e. The van der Waals surface area contributed by atoms with E-state index in [0.29, 0.717) is 0 Å². The molecule has 0 aliphatic rings. The van der Waals surface area contributed by atoms with Gasteiger partial charge in [0, 0.05) is 24.5 Å². The van der Waals surface area contributed by atoms with Crippen molar-refractivity contribution in [3.05, 3.63) is 36.7 Å². The SMILES string of the molecule is CCCn1ccnc1-c1ccc(OC)cc1. The van der Waals surface area contributed by atoms with Crippen molar-refractivity contribution in [1.82, 2.24) is 9.55 Å². The number of methoxy groups -OCH3 is 1. The summed E-state index contributed by atoms with van der Waals surface area (Å²) < 4.78 is 7.31. The topological polar surface area (TPSA) is 27.1 Å². The van der Waals surface area contributed by atoms with E-state index in [4.69, 9.17) is 4.74 Å². The van der Waals surface area contributed by atoms with Crippen LogP contribution in [-0.2, 0) is 6.54 Å². The Hall–Kier alpha value is -1.77. The van der Waals surface area contributed by atoms with E-state index in [-0.39, 0.29) is 0 Å². The summed E-state index contributed by atoms with van der Waals surface area (Å²) in [6, 6.07) is 7.99. The van der Waals surface area contributed by atoms with Crippen LogP contribution in [0.25, 0.3) is 11.4 Å². The van der Waals surface area contributed by atoms with Gasteiger partial charge in [0.25, 0.3) is 0 Å². The van der Waals surface area contributed by atoms with Gasteiger partial charge in [-0.25, -0.2) is 4.98 Å². The van der Waals surface area contributed by atoms with E-state index >= 15 is 0 Å². The van der Waals surface area contributed by atoms with Crippen LogP contribution in [0.2, 0.25) is 0 Å². The maximum Gasteiger partial charge on any atom is 0.139 e. The summed E-state index contributed by atoms with van der Waals surface area (Å²) in [5, 5.41) is 0. The van der Waals surface area contributed by atoms with Crippen molar-refractivity contribution in [2.75, 3.05) is 7.11 Å². The fraction of sp³-hybridized carbons (Fsp3) is 0.308. The molecule has 16 heavy (non-hydrogen) atoms. The van der Waals surface area contributed by atoms with Crippen LogP contribution in [0.1, 0.15) is 13.3 Å². The van der Waals surface area contributed by atoms with Gasteiger partial charge in [-0.05, 0) is 30.7 Å². The first kappa shape index (κ1) is 10.7. The monoisotopic (exact) mass is 216 g/mol. The lowest BCUT2D eigenvalue weighted by atomic mass is 10.2. The van der Waals surface area contributed by atoms with Gasteiger partial charge in [-0.15, -0.1) is 0 Å². The second kappa shape index (κ2) is 4.84. The summed E-state index contributed by atoms with van der Waals surface area (Å²) in [6.45, 7) is 3.17. The molecule has 0 atom stereocenters. The Bertz CT molecular complexity index is 445. The summed E-state index contributed by atoms with van der Waals surface area (Å²) >= 11 is 0. The highest BCUT2D eigenvalue weighted by Crippen LogP contribution is 2.20. The highest BCUT2D eigenvalue weighted by Gasteiger charge is 2.04. The van der Waals surface area contributed by atoms with Gasteiger partial charge in [0.05, 0.1) is 7.11 Å². The van der Waals surface area contributed by atoms with Crippen LogP contribution in [0.5, 0.6) is 5.75 Å². The van der Waals surface area contributed by atoms with Gasteiger partial charge >= 0.3 is 0 Å². The molecular formula is C13H16N2O. The Morgan fingerprint density at radius 1 is 1.25 bits per heavy atom. The second-order valence-corrected chi connectivity index (χ2v) is 3.67. The molecule has 0 saturated heterocycles. The largest absolute Gasteiger partial charge is 0.497 e. The molecule has 0 N–H and O–H groups in total. The Morgan fingerprint density at radius 2 is 2.00 bits per heavy atom. The number of benzene rings is 1. The normalized spacial score (nSPS) is 10.4. The molecule has 1 aromatic heterocycles. The van der Waals surface area contributed by atoms with Crippen molar-refractivity contribution in [2.24, 2.45) is 0 Å². The number of aryl methyl sites for hydroxylation is 1. The zero-order valence-corrected chi connectivity index (χ0v) is 9.68. The molecule has 2 rings (SSSR count). The smallest absolute Gasteiger partial charge is 0.139 e. The number of hydrogen-bond donors (Lipinski definition) is 0. The Morgan fingerprint density at radius 3 is 2.62 bits per heavy atom. The summed E-state index contributed by atoms with van der Waals surface area (Å²) in [7, 11) is 1.67. The summed E-state index contributed by atoms with van der Waals surface area (Å²) in [5.41, 5.74) is 1.12. The molecule has 84 valence electrons. The van der Waals surface area contributed by atoms with E-state index in [1.54, 1.807) is 7.11 Å². The van der Waals surface area contributed by atoms with Gasteiger partial charge < -0.3 is 9.30 Å². The molecule has 3 heteroatoms. The van der Waals surface area contributed by atoms with Crippen LogP contribution < -0.4 is 4.74 Å². The predicted molar refractivity (Wildman–Crippen MR) is 64.5 cm³/mol. The molecule has 0 bridgehead atoms. The van der Waals surface area contributed by atoms with Crippen LogP contribution in [0.3, 0.4) is 0 Å². The summed E-state index contributed by atoms with van der Waals surface area (Å²) in [4.78, 5) is 4.38. The molecule has 2 aromatic rings. The van der Waals surface area contributed by atoms with Crippen molar-refractivity contribution in [2.45, 2.75) is 19.9 Å². The van der Waals surface area contributed by atoms with Crippen molar-refractivity contribution >= 4 is 0 Å². The van der Waals surface area contributed by atoms with Gasteiger partial charge in [-0.1, -0.05) is 6.92 Å². The first-order valence-corrected chi connectivity index (χ1v) is 5.50. The molecule has 0 saturated carbocycles. The highest BCUT2D eigenvalue weighted by molar-refractivity contribution is 5.56. The summed E-state index contributed by atoms with van der Waals surface area (Å²) in [5.74, 6) is 1.89. The van der Waals surface area contributed by atoms with Crippen LogP contribution in [0.4, 0.5) is 0 Å². The number of nitrogens with zero attached hydrogens (tertiary/aromatic N) is 2. The zero-order valence-electron chi connectivity index (χ0n) is 9.68. The van der Waals surface area contributed by atoms with E-state index in [1.165, 1.54) is 0 Å². The van der Waals surface area contributed by atoms with E-state index in [1.807, 2.05) is 36.7 Å². The second-order valence-electron chi connectivity index (χ2n) is 3.67. The average Bonchev–Trinajstić information content (AvgIpc) is 2.78. The molecule has 0 unspecified atom stereocenters. The van der Waals surface area contributed by atoms with Gasteiger partial charge in [0.1, 0.15) is 11.6 Å². The Labute approximate surface area is 95.7 Å². The van der Waals surface area contributed by atoms with Gasteiger partial charge in [-0.3, -0.25) is 0 Å². The van der Waals surface area contributed by atoms with E-state index in [2.05, 4.69) is 16.5 Å². The van der Waals surface area contributed by atoms with Crippen molar-refractivity contribution < 1.29 is 4.74 Å². The highest BCUT2D eigenvalue weighted by atomic mass is 16.5. The van der Waals surface area contributed by atoms with Crippen LogP contribution in [0, 0.1) is 0 Å². The minimum atomic E-state index is 0.873. The van der Waals surface area contributed by atoms with Crippen LogP contribution in [0.15, 0.2) is 36.7 Å². The number of aromatic nitrogens is 2. The zero-order chi connectivity index (χ0) is 11.4. The molecule has 1 heterocycles. The van der Waals surface area contributed by atoms with E-state index < -0.39 is 0 Å². The first-order valence-electron chi connectivity index (χ1n) is 5.50. The predicted octanol–water partition coefficient (Wildman–Crippen LogP) is 2.97. The lowest BCUT2D eigenvalue weighted by Gasteiger charge is -2.06. The minimum absolute atomic E-state index is 0.873. The third-order valence-electron chi connectivity index (χ3n) is 2.53. The Kier molecular flexibility index (Phi) is 3.25. The van der Waals surface area contributed by atoms with Gasteiger partial charge in [-0.2, -0.15) is 0 Å². The fourth-order valence-electron chi connectivity index (χ4n) is 1.73. The summed E-state index contributed by atoms with van der Waals surface area (Å²) in [6.07, 6.45) is 4.97. The van der Waals surface area contributed by atoms with Gasteiger partial charge in [0.2, 0.25) is 0 Å². The average molecular weight is 216 g/mol. The van der Waals surface area contributed by atoms with Gasteiger partial charge in [0.15, 0.2) is 0 Å². The molecular weight excluding hydrogens is 200 g/mol. The quantitative estimate of drug-likeness (QED) is 0.785. The molecule has 0 radical (unpaired) electrons. The molecule has 0 spiro atoms. The molecule has 0 aliphatic carbocycles. The third-order valence-corrected chi connectivity index (χ3v) is 2.53. The van der Waals surface area contributed by atoms with Crippen LogP contribution in [-0.4, -0.2) is 16.7 Å². The van der Waals surface area contributed by atoms with Crippen molar-refractivity contribution in [3.8, 4) is 17.1 Å². The lowest BCUT2D eigenvalue weighted by molar-refractivity contribution is 0.415. The number of ether oxygens (including phenoxy) is 1. The Balaban J connectivity index is 2.31. The van der Waals surface area contributed by atoms with E-state index in [9.17, 15) is 0 Å². The van der Waals surface area contributed by atoms with Crippen molar-refractivity contribution in [3.63, 3.8) is 0 Å². The van der Waals surface area contributed by atoms with Crippen molar-refractivity contribution in [1.29, 1.82) is 0 Å². The fourth-order valence-corrected chi connectivity index (χ4v) is 1.73. The number of rotatable bonds is 4. The molecule has 3 nitrogen and oxygen atoms in total. The van der Waals surface area contributed by atoms with Crippen LogP contribution >= 0.6 is 0 Å². The maximum atomic E-state index is 5.14. The van der Waals surface area contributed by atoms with E-state index in [0.717, 1.165) is 30.1 Å².